The van der Waals surface area contributed by atoms with Crippen LogP contribution in [0.25, 0.3) is 22.3 Å². The molecule has 3 aromatic rings. The molecule has 1 aliphatic heterocycles. The number of fused-ring (bicyclic) bond motifs is 1. The molecule has 124 valence electrons. The van der Waals surface area contributed by atoms with Gasteiger partial charge in [-0.3, -0.25) is 4.79 Å². The first-order valence-electron chi connectivity index (χ1n) is 8.59. The lowest BCUT2D eigenvalue weighted by Crippen LogP contribution is -2.12. The van der Waals surface area contributed by atoms with E-state index in [2.05, 4.69) is 35.6 Å². The molecule has 3 nitrogen and oxygen atoms in total. The van der Waals surface area contributed by atoms with Crippen molar-refractivity contribution in [2.24, 2.45) is 5.73 Å². The van der Waals surface area contributed by atoms with Crippen LogP contribution in [-0.4, -0.2) is 12.5 Å². The molecule has 0 saturated heterocycles. The van der Waals surface area contributed by atoms with Crippen LogP contribution in [0.3, 0.4) is 0 Å². The topological polar surface area (TPSA) is 55.1 Å². The quantitative estimate of drug-likeness (QED) is 0.745. The van der Waals surface area contributed by atoms with Crippen molar-refractivity contribution in [3.63, 3.8) is 0 Å². The van der Waals surface area contributed by atoms with E-state index < -0.39 is 5.91 Å². The molecule has 3 heteroatoms. The number of anilines is 1. The Kier molecular flexibility index (Phi) is 3.98. The predicted molar refractivity (Wildman–Crippen MR) is 103 cm³/mol. The summed E-state index contributed by atoms with van der Waals surface area (Å²) in [6.07, 6.45) is 2.27. The Bertz CT molecular complexity index is 932. The predicted octanol–water partition coefficient (Wildman–Crippen LogP) is 4.48. The van der Waals surface area contributed by atoms with E-state index in [-0.39, 0.29) is 0 Å². The van der Waals surface area contributed by atoms with Crippen LogP contribution in [0.1, 0.15) is 22.3 Å². The van der Waals surface area contributed by atoms with Crippen molar-refractivity contribution in [3.8, 4) is 22.3 Å². The zero-order valence-corrected chi connectivity index (χ0v) is 14.0. The lowest BCUT2D eigenvalue weighted by Gasteiger charge is -2.20. The fourth-order valence-corrected chi connectivity index (χ4v) is 3.43. The van der Waals surface area contributed by atoms with E-state index in [1.54, 1.807) is 6.07 Å². The van der Waals surface area contributed by atoms with Crippen molar-refractivity contribution in [2.45, 2.75) is 12.8 Å². The molecule has 1 heterocycles. The van der Waals surface area contributed by atoms with E-state index in [1.807, 2.05) is 30.3 Å². The molecular weight excluding hydrogens is 308 g/mol. The fraction of sp³-hybridized carbons (Fsp3) is 0.136. The first-order valence-corrected chi connectivity index (χ1v) is 8.59. The first-order chi connectivity index (χ1) is 12.2. The molecule has 1 amide bonds. The average Bonchev–Trinajstić information content (AvgIpc) is 2.68. The number of aryl methyl sites for hydroxylation is 1. The van der Waals surface area contributed by atoms with E-state index in [9.17, 15) is 4.79 Å². The summed E-state index contributed by atoms with van der Waals surface area (Å²) < 4.78 is 0. The molecule has 0 aliphatic carbocycles. The molecule has 1 aliphatic rings. The molecule has 0 fully saturated rings. The number of hydrogen-bond donors (Lipinski definition) is 2. The smallest absolute Gasteiger partial charge is 0.248 e. The molecule has 0 spiro atoms. The summed E-state index contributed by atoms with van der Waals surface area (Å²) in [6, 6.07) is 22.4. The summed E-state index contributed by atoms with van der Waals surface area (Å²) in [5, 5.41) is 3.48. The second kappa shape index (κ2) is 6.44. The Hall–Kier alpha value is -3.07. The maximum atomic E-state index is 11.7. The minimum absolute atomic E-state index is 0.406. The van der Waals surface area contributed by atoms with Crippen molar-refractivity contribution in [1.29, 1.82) is 0 Å². The number of nitrogens with one attached hydrogen (secondary N) is 1. The summed E-state index contributed by atoms with van der Waals surface area (Å²) >= 11 is 0. The molecule has 0 saturated carbocycles. The van der Waals surface area contributed by atoms with Gasteiger partial charge >= 0.3 is 0 Å². The molecule has 0 aromatic heterocycles. The van der Waals surface area contributed by atoms with Crippen LogP contribution in [-0.2, 0) is 6.42 Å². The van der Waals surface area contributed by atoms with Crippen LogP contribution < -0.4 is 11.1 Å². The third-order valence-electron chi connectivity index (χ3n) is 4.75. The van der Waals surface area contributed by atoms with Crippen LogP contribution in [0.2, 0.25) is 0 Å². The molecular formula is C22H20N2O. The number of carbonyl (C=O) groups excluding carboxylic acids is 1. The molecule has 0 atom stereocenters. The zero-order chi connectivity index (χ0) is 17.2. The Labute approximate surface area is 147 Å². The highest BCUT2D eigenvalue weighted by molar-refractivity contribution is 5.97. The van der Waals surface area contributed by atoms with E-state index >= 15 is 0 Å². The van der Waals surface area contributed by atoms with Gasteiger partial charge in [-0.2, -0.15) is 0 Å². The summed E-state index contributed by atoms with van der Waals surface area (Å²) in [4.78, 5) is 11.7. The molecule has 25 heavy (non-hydrogen) atoms. The van der Waals surface area contributed by atoms with Gasteiger partial charge in [0.2, 0.25) is 5.91 Å². The van der Waals surface area contributed by atoms with Crippen LogP contribution in [0.5, 0.6) is 0 Å². The molecule has 3 aromatic carbocycles. The number of hydrogen-bond acceptors (Lipinski definition) is 2. The number of amides is 1. The third kappa shape index (κ3) is 3.01. The average molecular weight is 328 g/mol. The molecule has 4 rings (SSSR count). The maximum absolute atomic E-state index is 11.7. The summed E-state index contributed by atoms with van der Waals surface area (Å²) in [6.45, 7) is 1.00. The van der Waals surface area contributed by atoms with E-state index in [0.717, 1.165) is 35.2 Å². The molecule has 3 N–H and O–H groups in total. The Morgan fingerprint density at radius 2 is 1.72 bits per heavy atom. The summed E-state index contributed by atoms with van der Waals surface area (Å²) in [5.41, 5.74) is 12.9. The largest absolute Gasteiger partial charge is 0.385 e. The molecule has 0 radical (unpaired) electrons. The normalized spacial score (nSPS) is 13.0. The van der Waals surface area contributed by atoms with Gasteiger partial charge in [0.15, 0.2) is 0 Å². The number of benzene rings is 3. The highest BCUT2D eigenvalue weighted by atomic mass is 16.1. The van der Waals surface area contributed by atoms with Crippen molar-refractivity contribution < 1.29 is 4.79 Å². The Morgan fingerprint density at radius 1 is 0.880 bits per heavy atom. The van der Waals surface area contributed by atoms with Gasteiger partial charge in [-0.15, -0.1) is 0 Å². The lowest BCUT2D eigenvalue weighted by molar-refractivity contribution is 0.100. The van der Waals surface area contributed by atoms with Crippen LogP contribution in [0, 0.1) is 0 Å². The van der Waals surface area contributed by atoms with Gasteiger partial charge in [-0.25, -0.2) is 0 Å². The van der Waals surface area contributed by atoms with Gasteiger partial charge in [-0.05, 0) is 58.9 Å². The Morgan fingerprint density at radius 3 is 2.52 bits per heavy atom. The van der Waals surface area contributed by atoms with Gasteiger partial charge in [-0.1, -0.05) is 48.5 Å². The van der Waals surface area contributed by atoms with Gasteiger partial charge in [0.05, 0.1) is 0 Å². The van der Waals surface area contributed by atoms with Crippen LogP contribution in [0.4, 0.5) is 5.69 Å². The maximum Gasteiger partial charge on any atom is 0.248 e. The van der Waals surface area contributed by atoms with Gasteiger partial charge in [0.1, 0.15) is 0 Å². The van der Waals surface area contributed by atoms with E-state index in [0.29, 0.717) is 5.56 Å². The summed E-state index contributed by atoms with van der Waals surface area (Å²) in [5.74, 6) is -0.406. The first kappa shape index (κ1) is 15.5. The van der Waals surface area contributed by atoms with E-state index in [1.165, 1.54) is 17.7 Å². The zero-order valence-electron chi connectivity index (χ0n) is 14.0. The van der Waals surface area contributed by atoms with Gasteiger partial charge in [0, 0.05) is 17.8 Å². The number of nitrogens with two attached hydrogens (primary N) is 1. The Balaban J connectivity index is 1.89. The fourth-order valence-electron chi connectivity index (χ4n) is 3.43. The van der Waals surface area contributed by atoms with Crippen molar-refractivity contribution in [2.75, 3.05) is 11.9 Å². The van der Waals surface area contributed by atoms with Crippen LogP contribution in [0.15, 0.2) is 66.7 Å². The number of primary amides is 1. The standard InChI is InChI=1S/C22H20N2O/c23-22(25)18-10-11-19(15-5-2-1-3-6-15)20(13-18)17-9-8-16-7-4-12-24-21(16)14-17/h1-3,5-6,8-11,13-14,24H,4,7,12H2,(H2,23,25). The molecule has 0 unspecified atom stereocenters. The second-order valence-electron chi connectivity index (χ2n) is 6.39. The SMILES string of the molecule is NC(=O)c1ccc(-c2ccccc2)c(-c2ccc3c(c2)NCCC3)c1. The van der Waals surface area contributed by atoms with E-state index in [4.69, 9.17) is 5.73 Å². The van der Waals surface area contributed by atoms with Gasteiger partial charge < -0.3 is 11.1 Å². The second-order valence-corrected chi connectivity index (χ2v) is 6.39. The highest BCUT2D eigenvalue weighted by Gasteiger charge is 2.14. The number of carbonyl (C=O) groups is 1. The minimum Gasteiger partial charge on any atom is -0.385 e. The third-order valence-corrected chi connectivity index (χ3v) is 4.75. The monoisotopic (exact) mass is 328 g/mol. The van der Waals surface area contributed by atoms with Crippen molar-refractivity contribution in [1.82, 2.24) is 0 Å². The highest BCUT2D eigenvalue weighted by Crippen LogP contribution is 2.35. The minimum atomic E-state index is -0.406. The number of rotatable bonds is 3. The lowest BCUT2D eigenvalue weighted by atomic mass is 9.91. The van der Waals surface area contributed by atoms with Crippen molar-refractivity contribution >= 4 is 11.6 Å². The van der Waals surface area contributed by atoms with Gasteiger partial charge in [0.25, 0.3) is 0 Å². The summed E-state index contributed by atoms with van der Waals surface area (Å²) in [7, 11) is 0. The van der Waals surface area contributed by atoms with Crippen LogP contribution >= 0.6 is 0 Å². The molecule has 0 bridgehead atoms. The van der Waals surface area contributed by atoms with Crippen molar-refractivity contribution in [3.05, 3.63) is 77.9 Å².